The zero-order chi connectivity index (χ0) is 14.5. The topological polar surface area (TPSA) is 12.0 Å². The molecule has 0 amide bonds. The monoisotopic (exact) mass is 371 g/mol. The van der Waals surface area contributed by atoms with Gasteiger partial charge in [-0.05, 0) is 43.1 Å². The van der Waals surface area contributed by atoms with Gasteiger partial charge >= 0.3 is 0 Å². The Labute approximate surface area is 138 Å². The first kappa shape index (κ1) is 16.0. The van der Waals surface area contributed by atoms with Crippen LogP contribution >= 0.6 is 38.9 Å². The third-order valence-corrected chi connectivity index (χ3v) is 5.61. The number of hydrogen-bond acceptors (Lipinski definition) is 2. The van der Waals surface area contributed by atoms with E-state index in [-0.39, 0.29) is 0 Å². The van der Waals surface area contributed by atoms with Gasteiger partial charge in [0.05, 0.1) is 4.34 Å². The van der Waals surface area contributed by atoms with Crippen molar-refractivity contribution in [2.24, 2.45) is 0 Å². The molecular weight excluding hydrogens is 354 g/mol. The van der Waals surface area contributed by atoms with E-state index in [0.717, 1.165) is 23.7 Å². The fraction of sp³-hybridized carbons (Fsp3) is 0.375. The summed E-state index contributed by atoms with van der Waals surface area (Å²) in [4.78, 5) is 1.32. The summed E-state index contributed by atoms with van der Waals surface area (Å²) in [5, 5.41) is 3.65. The van der Waals surface area contributed by atoms with Gasteiger partial charge in [0.15, 0.2) is 0 Å². The second kappa shape index (κ2) is 7.60. The second-order valence-electron chi connectivity index (χ2n) is 4.89. The highest BCUT2D eigenvalue weighted by Crippen LogP contribution is 2.31. The minimum Gasteiger partial charge on any atom is -0.310 e. The lowest BCUT2D eigenvalue weighted by molar-refractivity contribution is 0.530. The summed E-state index contributed by atoms with van der Waals surface area (Å²) >= 11 is 11.4. The van der Waals surface area contributed by atoms with Gasteiger partial charge in [-0.15, -0.1) is 11.3 Å². The highest BCUT2D eigenvalue weighted by molar-refractivity contribution is 9.10. The van der Waals surface area contributed by atoms with Gasteiger partial charge in [-0.25, -0.2) is 0 Å². The van der Waals surface area contributed by atoms with Crippen LogP contribution in [0.1, 0.15) is 35.4 Å². The molecule has 0 spiro atoms. The van der Waals surface area contributed by atoms with Crippen LogP contribution in [0.3, 0.4) is 0 Å². The number of halogens is 2. The Morgan fingerprint density at radius 2 is 2.10 bits per heavy atom. The summed E-state index contributed by atoms with van der Waals surface area (Å²) in [5.74, 6) is 0. The standard InChI is InChI=1S/C16H19BrClNS/c1-3-9-19-14(10-12-7-8-15(18)20-12)13-6-4-5-11(2)16(13)17/h4-8,14,19H,3,9-10H2,1-2H3. The molecule has 1 aromatic heterocycles. The lowest BCUT2D eigenvalue weighted by Crippen LogP contribution is -2.24. The number of thiophene rings is 1. The summed E-state index contributed by atoms with van der Waals surface area (Å²) < 4.78 is 2.06. The summed E-state index contributed by atoms with van der Waals surface area (Å²) in [6.07, 6.45) is 2.10. The first-order valence-corrected chi connectivity index (χ1v) is 8.83. The fourth-order valence-electron chi connectivity index (χ4n) is 2.21. The molecule has 0 aliphatic heterocycles. The minimum atomic E-state index is 0.318. The molecule has 1 heterocycles. The number of aryl methyl sites for hydroxylation is 1. The second-order valence-corrected chi connectivity index (χ2v) is 7.49. The van der Waals surface area contributed by atoms with Crippen LogP contribution in [-0.2, 0) is 6.42 Å². The molecule has 1 unspecified atom stereocenters. The van der Waals surface area contributed by atoms with Gasteiger partial charge in [0.1, 0.15) is 0 Å². The molecule has 1 nitrogen and oxygen atoms in total. The Bertz CT molecular complexity index is 567. The summed E-state index contributed by atoms with van der Waals surface area (Å²) in [6, 6.07) is 10.9. The summed E-state index contributed by atoms with van der Waals surface area (Å²) in [5.41, 5.74) is 2.60. The molecule has 0 fully saturated rings. The zero-order valence-corrected chi connectivity index (χ0v) is 14.9. The van der Waals surface area contributed by atoms with Crippen molar-refractivity contribution in [1.82, 2.24) is 5.32 Å². The van der Waals surface area contributed by atoms with E-state index in [2.05, 4.69) is 59.4 Å². The van der Waals surface area contributed by atoms with Gasteiger partial charge in [-0.3, -0.25) is 0 Å². The molecule has 0 saturated carbocycles. The molecule has 0 aliphatic carbocycles. The highest BCUT2D eigenvalue weighted by atomic mass is 79.9. The third-order valence-electron chi connectivity index (χ3n) is 3.27. The minimum absolute atomic E-state index is 0.318. The molecule has 4 heteroatoms. The zero-order valence-electron chi connectivity index (χ0n) is 11.7. The number of hydrogen-bond donors (Lipinski definition) is 1. The van der Waals surface area contributed by atoms with Crippen molar-refractivity contribution < 1.29 is 0 Å². The molecule has 1 atom stereocenters. The van der Waals surface area contributed by atoms with E-state index in [4.69, 9.17) is 11.6 Å². The van der Waals surface area contributed by atoms with E-state index in [1.54, 1.807) is 11.3 Å². The van der Waals surface area contributed by atoms with Gasteiger partial charge in [0, 0.05) is 21.8 Å². The van der Waals surface area contributed by atoms with Crippen molar-refractivity contribution >= 4 is 38.9 Å². The lowest BCUT2D eigenvalue weighted by Gasteiger charge is -2.20. The Morgan fingerprint density at radius 1 is 1.30 bits per heavy atom. The molecule has 2 aromatic rings. The van der Waals surface area contributed by atoms with Crippen LogP contribution in [0.15, 0.2) is 34.8 Å². The molecule has 2 rings (SSSR count). The van der Waals surface area contributed by atoms with Gasteiger partial charge in [-0.2, -0.15) is 0 Å². The largest absolute Gasteiger partial charge is 0.310 e. The first-order valence-electron chi connectivity index (χ1n) is 6.84. The predicted octanol–water partition coefficient (Wildman–Crippen LogP) is 5.76. The number of nitrogens with one attached hydrogen (secondary N) is 1. The van der Waals surface area contributed by atoms with Crippen LogP contribution in [0.2, 0.25) is 4.34 Å². The van der Waals surface area contributed by atoms with E-state index >= 15 is 0 Å². The first-order chi connectivity index (χ1) is 9.61. The van der Waals surface area contributed by atoms with Crippen molar-refractivity contribution in [2.45, 2.75) is 32.7 Å². The predicted molar refractivity (Wildman–Crippen MR) is 92.9 cm³/mol. The lowest BCUT2D eigenvalue weighted by atomic mass is 10.0. The average Bonchev–Trinajstić information content (AvgIpc) is 2.83. The van der Waals surface area contributed by atoms with Crippen molar-refractivity contribution in [3.63, 3.8) is 0 Å². The Morgan fingerprint density at radius 3 is 2.75 bits per heavy atom. The van der Waals surface area contributed by atoms with E-state index in [9.17, 15) is 0 Å². The smallest absolute Gasteiger partial charge is 0.0931 e. The van der Waals surface area contributed by atoms with Crippen molar-refractivity contribution in [1.29, 1.82) is 0 Å². The molecular formula is C16H19BrClNS. The van der Waals surface area contributed by atoms with Crippen LogP contribution in [-0.4, -0.2) is 6.54 Å². The van der Waals surface area contributed by atoms with Crippen LogP contribution in [0.25, 0.3) is 0 Å². The average molecular weight is 373 g/mol. The fourth-order valence-corrected chi connectivity index (χ4v) is 3.89. The third kappa shape index (κ3) is 4.08. The summed E-state index contributed by atoms with van der Waals surface area (Å²) in [6.45, 7) is 5.34. The molecule has 0 bridgehead atoms. The van der Waals surface area contributed by atoms with Crippen molar-refractivity contribution in [2.75, 3.05) is 6.54 Å². The SMILES string of the molecule is CCCNC(Cc1ccc(Cl)s1)c1cccc(C)c1Br. The Hall–Kier alpha value is -0.350. The normalized spacial score (nSPS) is 12.6. The maximum absolute atomic E-state index is 6.04. The van der Waals surface area contributed by atoms with Crippen LogP contribution in [0.5, 0.6) is 0 Å². The molecule has 0 saturated heterocycles. The molecule has 108 valence electrons. The highest BCUT2D eigenvalue weighted by Gasteiger charge is 2.16. The Kier molecular flexibility index (Phi) is 6.09. The van der Waals surface area contributed by atoms with Crippen molar-refractivity contribution in [3.05, 3.63) is 55.1 Å². The maximum Gasteiger partial charge on any atom is 0.0931 e. The van der Waals surface area contributed by atoms with Gasteiger partial charge in [0.2, 0.25) is 0 Å². The van der Waals surface area contributed by atoms with E-state index < -0.39 is 0 Å². The molecule has 0 aliphatic rings. The van der Waals surface area contributed by atoms with Gasteiger partial charge < -0.3 is 5.32 Å². The Balaban J connectivity index is 2.24. The van der Waals surface area contributed by atoms with Crippen LogP contribution in [0.4, 0.5) is 0 Å². The van der Waals surface area contributed by atoms with E-state index in [1.165, 1.54) is 20.5 Å². The molecule has 1 aromatic carbocycles. The van der Waals surface area contributed by atoms with Gasteiger partial charge in [-0.1, -0.05) is 52.7 Å². The van der Waals surface area contributed by atoms with Crippen LogP contribution in [0, 0.1) is 6.92 Å². The number of benzene rings is 1. The quantitative estimate of drug-likeness (QED) is 0.680. The van der Waals surface area contributed by atoms with Gasteiger partial charge in [0.25, 0.3) is 0 Å². The maximum atomic E-state index is 6.04. The molecule has 1 N–H and O–H groups in total. The van der Waals surface area contributed by atoms with E-state index in [0.29, 0.717) is 6.04 Å². The number of rotatable bonds is 6. The molecule has 0 radical (unpaired) electrons. The van der Waals surface area contributed by atoms with Crippen molar-refractivity contribution in [3.8, 4) is 0 Å². The van der Waals surface area contributed by atoms with E-state index in [1.807, 2.05) is 6.07 Å². The summed E-state index contributed by atoms with van der Waals surface area (Å²) in [7, 11) is 0. The van der Waals surface area contributed by atoms with Crippen LogP contribution < -0.4 is 5.32 Å². The molecule has 20 heavy (non-hydrogen) atoms.